The average molecular weight is 453 g/mol. The molecule has 3 rings (SSSR count). The third-order valence-corrected chi connectivity index (χ3v) is 6.36. The van der Waals surface area contributed by atoms with Gasteiger partial charge in [0.1, 0.15) is 5.25 Å². The van der Waals surface area contributed by atoms with Crippen LogP contribution in [0.1, 0.15) is 40.0 Å². The molecule has 1 aliphatic heterocycles. The second-order valence-corrected chi connectivity index (χ2v) is 9.93. The molecule has 1 heterocycles. The van der Waals surface area contributed by atoms with E-state index < -0.39 is 5.25 Å². The molecule has 1 atom stereocenters. The first-order chi connectivity index (χ1) is 13.6. The number of benzene rings is 1. The van der Waals surface area contributed by atoms with Crippen LogP contribution in [0.5, 0.6) is 0 Å². The molecule has 1 aliphatic carbocycles. The Morgan fingerprint density at radius 1 is 1.31 bits per heavy atom. The molecule has 1 aromatic rings. The SMILES string of the molecule is CC1=CC(=N/N=C2/NC(=O)C(CC(=O)Nc3cccc(Cl)c3Cl)S2)CC(C)(C)C1. The number of halogens is 2. The minimum Gasteiger partial charge on any atom is -0.325 e. The number of rotatable bonds is 4. The largest absolute Gasteiger partial charge is 0.325 e. The van der Waals surface area contributed by atoms with E-state index in [2.05, 4.69) is 41.6 Å². The van der Waals surface area contributed by atoms with Crippen molar-refractivity contribution in [3.8, 4) is 0 Å². The van der Waals surface area contributed by atoms with Crippen LogP contribution in [0.25, 0.3) is 0 Å². The average Bonchev–Trinajstić information content (AvgIpc) is 2.95. The molecule has 1 unspecified atom stereocenters. The fourth-order valence-electron chi connectivity index (χ4n) is 3.42. The molecule has 0 aromatic heterocycles. The van der Waals surface area contributed by atoms with Crippen molar-refractivity contribution in [2.24, 2.45) is 15.6 Å². The van der Waals surface area contributed by atoms with Crippen LogP contribution in [0, 0.1) is 5.41 Å². The topological polar surface area (TPSA) is 82.9 Å². The van der Waals surface area contributed by atoms with E-state index in [4.69, 9.17) is 23.2 Å². The first-order valence-electron chi connectivity index (χ1n) is 9.16. The predicted octanol–water partition coefficient (Wildman–Crippen LogP) is 5.03. The summed E-state index contributed by atoms with van der Waals surface area (Å²) in [7, 11) is 0. The zero-order chi connectivity index (χ0) is 21.2. The minimum absolute atomic E-state index is 0.0129. The molecule has 2 aliphatic rings. The monoisotopic (exact) mass is 452 g/mol. The van der Waals surface area contributed by atoms with Crippen LogP contribution >= 0.6 is 35.0 Å². The minimum atomic E-state index is -0.577. The number of hydrogen-bond donors (Lipinski definition) is 2. The maximum absolute atomic E-state index is 12.3. The van der Waals surface area contributed by atoms with Crippen molar-refractivity contribution >= 4 is 63.3 Å². The molecular formula is C20H22Cl2N4O2S. The van der Waals surface area contributed by atoms with E-state index in [0.717, 1.165) is 18.6 Å². The van der Waals surface area contributed by atoms with Gasteiger partial charge in [0, 0.05) is 6.42 Å². The molecule has 154 valence electrons. The van der Waals surface area contributed by atoms with Crippen molar-refractivity contribution in [2.45, 2.75) is 45.3 Å². The Morgan fingerprint density at radius 3 is 2.79 bits per heavy atom. The first kappa shape index (κ1) is 21.9. The number of thioether (sulfide) groups is 1. The van der Waals surface area contributed by atoms with Gasteiger partial charge >= 0.3 is 0 Å². The van der Waals surface area contributed by atoms with E-state index in [1.165, 1.54) is 17.3 Å². The summed E-state index contributed by atoms with van der Waals surface area (Å²) >= 11 is 13.2. The van der Waals surface area contributed by atoms with Gasteiger partial charge in [-0.25, -0.2) is 0 Å². The third kappa shape index (κ3) is 5.84. The number of nitrogens with one attached hydrogen (secondary N) is 2. The van der Waals surface area contributed by atoms with Gasteiger partial charge in [-0.3, -0.25) is 9.59 Å². The number of hydrogen-bond acceptors (Lipinski definition) is 5. The van der Waals surface area contributed by atoms with E-state index >= 15 is 0 Å². The summed E-state index contributed by atoms with van der Waals surface area (Å²) in [5.74, 6) is -0.598. The first-order valence-corrected chi connectivity index (χ1v) is 10.8. The molecule has 2 N–H and O–H groups in total. The molecule has 29 heavy (non-hydrogen) atoms. The molecule has 1 saturated heterocycles. The summed E-state index contributed by atoms with van der Waals surface area (Å²) in [5.41, 5.74) is 2.71. The fourth-order valence-corrected chi connectivity index (χ4v) is 4.69. The van der Waals surface area contributed by atoms with Gasteiger partial charge in [-0.15, -0.1) is 5.10 Å². The molecule has 0 saturated carbocycles. The Kier molecular flexibility index (Phi) is 6.71. The van der Waals surface area contributed by atoms with E-state index in [1.54, 1.807) is 18.2 Å². The zero-order valence-corrected chi connectivity index (χ0v) is 18.7. The summed E-state index contributed by atoms with van der Waals surface area (Å²) in [4.78, 5) is 24.5. The number of carbonyl (C=O) groups excluding carboxylic acids is 2. The molecule has 1 fully saturated rings. The van der Waals surface area contributed by atoms with Gasteiger partial charge in [0.25, 0.3) is 0 Å². The smallest absolute Gasteiger partial charge is 0.240 e. The summed E-state index contributed by atoms with van der Waals surface area (Å²) in [6.45, 7) is 6.47. The van der Waals surface area contributed by atoms with Crippen molar-refractivity contribution in [1.29, 1.82) is 0 Å². The Morgan fingerprint density at radius 2 is 2.07 bits per heavy atom. The van der Waals surface area contributed by atoms with Crippen LogP contribution in [0.2, 0.25) is 10.0 Å². The maximum atomic E-state index is 12.3. The van der Waals surface area contributed by atoms with E-state index in [1.807, 2.05) is 6.08 Å². The van der Waals surface area contributed by atoms with Crippen molar-refractivity contribution in [3.05, 3.63) is 39.9 Å². The van der Waals surface area contributed by atoms with Gasteiger partial charge in [0.05, 0.1) is 21.4 Å². The highest BCUT2D eigenvalue weighted by molar-refractivity contribution is 8.15. The second kappa shape index (κ2) is 8.90. The predicted molar refractivity (Wildman–Crippen MR) is 121 cm³/mol. The quantitative estimate of drug-likeness (QED) is 0.628. The van der Waals surface area contributed by atoms with Crippen LogP contribution in [0.15, 0.2) is 40.1 Å². The van der Waals surface area contributed by atoms with Gasteiger partial charge < -0.3 is 10.6 Å². The summed E-state index contributed by atoms with van der Waals surface area (Å²) < 4.78 is 0. The highest BCUT2D eigenvalue weighted by Crippen LogP contribution is 2.34. The number of anilines is 1. The van der Waals surface area contributed by atoms with Gasteiger partial charge in [-0.2, -0.15) is 5.10 Å². The van der Waals surface area contributed by atoms with Crippen molar-refractivity contribution in [2.75, 3.05) is 5.32 Å². The highest BCUT2D eigenvalue weighted by atomic mass is 35.5. The summed E-state index contributed by atoms with van der Waals surface area (Å²) in [5, 5.41) is 14.3. The number of allylic oxidation sites excluding steroid dienone is 2. The van der Waals surface area contributed by atoms with E-state index in [9.17, 15) is 9.59 Å². The maximum Gasteiger partial charge on any atom is 0.240 e. The Balaban J connectivity index is 1.62. The number of amidine groups is 1. The molecule has 0 bridgehead atoms. The fraction of sp³-hybridized carbons (Fsp3) is 0.400. The van der Waals surface area contributed by atoms with E-state index in [-0.39, 0.29) is 28.7 Å². The molecule has 0 spiro atoms. The Bertz CT molecular complexity index is 940. The lowest BCUT2D eigenvalue weighted by molar-refractivity contribution is -0.122. The summed E-state index contributed by atoms with van der Waals surface area (Å²) in [6, 6.07) is 4.97. The van der Waals surface area contributed by atoms with E-state index in [0.29, 0.717) is 15.9 Å². The zero-order valence-electron chi connectivity index (χ0n) is 16.4. The number of nitrogens with zero attached hydrogens (tertiary/aromatic N) is 2. The lowest BCUT2D eigenvalue weighted by Gasteiger charge is -2.28. The number of carbonyl (C=O) groups is 2. The molecule has 9 heteroatoms. The molecule has 6 nitrogen and oxygen atoms in total. The van der Waals surface area contributed by atoms with Crippen LogP contribution < -0.4 is 10.6 Å². The van der Waals surface area contributed by atoms with Gasteiger partial charge in [0.2, 0.25) is 11.8 Å². The van der Waals surface area contributed by atoms with Crippen molar-refractivity contribution < 1.29 is 9.59 Å². The Labute approximate surface area is 184 Å². The molecular weight excluding hydrogens is 431 g/mol. The molecule has 2 amide bonds. The third-order valence-electron chi connectivity index (χ3n) is 4.47. The Hall–Kier alpha value is -1.83. The molecule has 1 aromatic carbocycles. The van der Waals surface area contributed by atoms with Crippen LogP contribution in [-0.4, -0.2) is 27.9 Å². The van der Waals surface area contributed by atoms with Gasteiger partial charge in [-0.05, 0) is 43.4 Å². The standard InChI is InChI=1S/C20H22Cl2N4O2S/c1-11-7-12(10-20(2,3)9-11)25-26-19-24-18(28)15(29-19)8-16(27)23-14-6-4-5-13(21)17(14)22/h4-7,15H,8-10H2,1-3H3,(H,23,27)(H,24,26,28). The van der Waals surface area contributed by atoms with Gasteiger partial charge in [0.15, 0.2) is 5.17 Å². The molecule has 0 radical (unpaired) electrons. The van der Waals surface area contributed by atoms with Crippen molar-refractivity contribution in [1.82, 2.24) is 5.32 Å². The number of amides is 2. The summed E-state index contributed by atoms with van der Waals surface area (Å²) in [6.07, 6.45) is 3.88. The lowest BCUT2D eigenvalue weighted by Crippen LogP contribution is -2.28. The lowest BCUT2D eigenvalue weighted by atomic mass is 9.77. The van der Waals surface area contributed by atoms with Crippen LogP contribution in [-0.2, 0) is 9.59 Å². The van der Waals surface area contributed by atoms with Crippen LogP contribution in [0.3, 0.4) is 0 Å². The normalized spacial score (nSPS) is 23.8. The second-order valence-electron chi connectivity index (χ2n) is 7.95. The van der Waals surface area contributed by atoms with Gasteiger partial charge in [-0.1, -0.05) is 60.5 Å². The van der Waals surface area contributed by atoms with Crippen LogP contribution in [0.4, 0.5) is 5.69 Å². The van der Waals surface area contributed by atoms with Crippen molar-refractivity contribution in [3.63, 3.8) is 0 Å². The highest BCUT2D eigenvalue weighted by Gasteiger charge is 2.32.